The van der Waals surface area contributed by atoms with Crippen molar-refractivity contribution in [2.24, 2.45) is 34.2 Å². The van der Waals surface area contributed by atoms with Crippen LogP contribution in [0, 0.1) is 29.1 Å². The standard InChI is InChI=1S/C30H42BN3O5/c1-17(2)10-26(31-37-25-14-21-13-24(29(21,3)4)30(25,5)39-31)33-28(36)23-15-22(34-38-23)16-32-27(35)20-11-18-8-6-7-9-19(18)12-20/h6-9,17,20-21,23-26H,10-16H2,1-5H3,(H,32,35)(H,33,36)/t21-,23?,24-,25+,26-,30-/m0/s1. The Labute approximate surface area is 232 Å². The quantitative estimate of drug-likeness (QED) is 0.497. The maximum absolute atomic E-state index is 13.3. The second-order valence-electron chi connectivity index (χ2n) is 13.6. The minimum atomic E-state index is -0.715. The molecule has 0 spiro atoms. The lowest BCUT2D eigenvalue weighted by Gasteiger charge is -2.64. The highest BCUT2D eigenvalue weighted by Gasteiger charge is 2.68. The first-order valence-electron chi connectivity index (χ1n) is 14.7. The normalized spacial score (nSPS) is 33.1. The van der Waals surface area contributed by atoms with Crippen molar-refractivity contribution in [3.05, 3.63) is 35.4 Å². The van der Waals surface area contributed by atoms with Gasteiger partial charge in [0.05, 0.1) is 29.9 Å². The summed E-state index contributed by atoms with van der Waals surface area (Å²) in [5.41, 5.74) is 3.12. The average molecular weight is 535 g/mol. The molecular formula is C30H42BN3O5. The number of hydrogen-bond donors (Lipinski definition) is 2. The molecule has 1 aromatic carbocycles. The van der Waals surface area contributed by atoms with Crippen LogP contribution < -0.4 is 10.6 Å². The van der Waals surface area contributed by atoms with Gasteiger partial charge in [0.2, 0.25) is 12.0 Å². The molecule has 0 radical (unpaired) electrons. The number of hydrogen-bond acceptors (Lipinski definition) is 6. The number of carbonyl (C=O) groups is 2. The van der Waals surface area contributed by atoms with Gasteiger partial charge in [0, 0.05) is 12.3 Å². The van der Waals surface area contributed by atoms with Crippen LogP contribution in [0.3, 0.4) is 0 Å². The van der Waals surface area contributed by atoms with E-state index in [0.717, 1.165) is 25.7 Å². The first-order valence-corrected chi connectivity index (χ1v) is 14.7. The molecule has 1 saturated heterocycles. The van der Waals surface area contributed by atoms with E-state index < -0.39 is 13.2 Å². The molecule has 1 aromatic rings. The fourth-order valence-electron chi connectivity index (χ4n) is 7.84. The number of rotatable bonds is 8. The zero-order valence-electron chi connectivity index (χ0n) is 23.9. The second-order valence-corrected chi connectivity index (χ2v) is 13.6. The van der Waals surface area contributed by atoms with E-state index >= 15 is 0 Å². The van der Waals surface area contributed by atoms with Gasteiger partial charge in [-0.2, -0.15) is 0 Å². The third-order valence-electron chi connectivity index (χ3n) is 10.3. The molecule has 2 heterocycles. The zero-order chi connectivity index (χ0) is 27.5. The first kappa shape index (κ1) is 26.8. The van der Waals surface area contributed by atoms with E-state index in [1.165, 1.54) is 17.5 Å². The Bertz CT molecular complexity index is 1150. The van der Waals surface area contributed by atoms with Crippen molar-refractivity contribution >= 4 is 24.6 Å². The lowest BCUT2D eigenvalue weighted by molar-refractivity contribution is -0.199. The molecule has 6 aliphatic rings. The van der Waals surface area contributed by atoms with Crippen LogP contribution in [0.25, 0.3) is 0 Å². The Morgan fingerprint density at radius 3 is 2.46 bits per heavy atom. The van der Waals surface area contributed by atoms with Crippen molar-refractivity contribution in [3.63, 3.8) is 0 Å². The highest BCUT2D eigenvalue weighted by atomic mass is 16.7. The van der Waals surface area contributed by atoms with Gasteiger partial charge in [0.1, 0.15) is 0 Å². The number of amides is 2. The molecule has 2 aliphatic heterocycles. The number of carbonyl (C=O) groups excluding carboxylic acids is 2. The number of fused-ring (bicyclic) bond motifs is 1. The molecule has 2 N–H and O–H groups in total. The Morgan fingerprint density at radius 1 is 1.08 bits per heavy atom. The van der Waals surface area contributed by atoms with Crippen LogP contribution in [0.5, 0.6) is 0 Å². The van der Waals surface area contributed by atoms with Crippen LogP contribution in [0.2, 0.25) is 0 Å². The Kier molecular flexibility index (Phi) is 6.82. The fourth-order valence-corrected chi connectivity index (χ4v) is 7.84. The van der Waals surface area contributed by atoms with Gasteiger partial charge in [0.15, 0.2) is 0 Å². The molecule has 2 amide bonds. The van der Waals surface area contributed by atoms with Crippen LogP contribution in [0.15, 0.2) is 29.4 Å². The van der Waals surface area contributed by atoms with E-state index in [2.05, 4.69) is 62.5 Å². The van der Waals surface area contributed by atoms with E-state index in [9.17, 15) is 9.59 Å². The van der Waals surface area contributed by atoms with Crippen LogP contribution >= 0.6 is 0 Å². The van der Waals surface area contributed by atoms with Crippen LogP contribution in [0.1, 0.15) is 71.4 Å². The minimum Gasteiger partial charge on any atom is -0.404 e. The van der Waals surface area contributed by atoms with E-state index in [1.54, 1.807) is 0 Å². The Balaban J connectivity index is 1.01. The van der Waals surface area contributed by atoms with Crippen molar-refractivity contribution in [2.45, 2.75) is 96.9 Å². The van der Waals surface area contributed by atoms with E-state index in [1.807, 2.05) is 12.1 Å². The Hall–Kier alpha value is -2.39. The van der Waals surface area contributed by atoms with Gasteiger partial charge in [-0.1, -0.05) is 57.1 Å². The highest BCUT2D eigenvalue weighted by Crippen LogP contribution is 2.65. The molecule has 9 heteroatoms. The smallest absolute Gasteiger partial charge is 0.404 e. The lowest BCUT2D eigenvalue weighted by atomic mass is 9.43. The topological polar surface area (TPSA) is 98.3 Å². The van der Waals surface area contributed by atoms with Gasteiger partial charge >= 0.3 is 7.12 Å². The van der Waals surface area contributed by atoms with Gasteiger partial charge < -0.3 is 24.8 Å². The van der Waals surface area contributed by atoms with Crippen molar-refractivity contribution < 1.29 is 23.7 Å². The molecule has 39 heavy (non-hydrogen) atoms. The summed E-state index contributed by atoms with van der Waals surface area (Å²) in [5.74, 6) is 0.978. The number of benzene rings is 1. The lowest BCUT2D eigenvalue weighted by Crippen LogP contribution is -2.65. The monoisotopic (exact) mass is 535 g/mol. The molecule has 8 nitrogen and oxygen atoms in total. The molecule has 3 saturated carbocycles. The third-order valence-corrected chi connectivity index (χ3v) is 10.3. The maximum atomic E-state index is 13.3. The molecular weight excluding hydrogens is 493 g/mol. The van der Waals surface area contributed by atoms with E-state index in [-0.39, 0.29) is 47.3 Å². The summed E-state index contributed by atoms with van der Waals surface area (Å²) in [6.45, 7) is 11.5. The predicted octanol–water partition coefficient (Wildman–Crippen LogP) is 3.46. The van der Waals surface area contributed by atoms with Crippen molar-refractivity contribution in [2.75, 3.05) is 6.54 Å². The summed E-state index contributed by atoms with van der Waals surface area (Å²) >= 11 is 0. The number of nitrogens with zero attached hydrogens (tertiary/aromatic N) is 1. The van der Waals surface area contributed by atoms with Crippen LogP contribution in [-0.4, -0.2) is 54.9 Å². The molecule has 4 fully saturated rings. The van der Waals surface area contributed by atoms with Crippen molar-refractivity contribution in [3.8, 4) is 0 Å². The second kappa shape index (κ2) is 9.91. The van der Waals surface area contributed by atoms with Gasteiger partial charge in [-0.15, -0.1) is 0 Å². The molecule has 1 unspecified atom stereocenters. The minimum absolute atomic E-state index is 0.0189. The molecule has 210 valence electrons. The molecule has 4 aliphatic carbocycles. The third kappa shape index (κ3) is 4.79. The maximum Gasteiger partial charge on any atom is 0.481 e. The summed E-state index contributed by atoms with van der Waals surface area (Å²) in [6, 6.07) is 8.21. The van der Waals surface area contributed by atoms with Gasteiger partial charge in [-0.25, -0.2) is 0 Å². The average Bonchev–Trinajstić information content (AvgIpc) is 3.62. The highest BCUT2D eigenvalue weighted by molar-refractivity contribution is 6.48. The van der Waals surface area contributed by atoms with Crippen molar-refractivity contribution in [1.29, 1.82) is 0 Å². The number of oxime groups is 1. The summed E-state index contributed by atoms with van der Waals surface area (Å²) in [4.78, 5) is 31.6. The number of nitrogens with one attached hydrogen (secondary N) is 2. The summed E-state index contributed by atoms with van der Waals surface area (Å²) in [7, 11) is -0.474. The van der Waals surface area contributed by atoms with Crippen LogP contribution in [0.4, 0.5) is 0 Å². The van der Waals surface area contributed by atoms with Gasteiger partial charge in [0.25, 0.3) is 5.91 Å². The Morgan fingerprint density at radius 2 is 1.79 bits per heavy atom. The van der Waals surface area contributed by atoms with E-state index in [4.69, 9.17) is 14.1 Å². The molecule has 6 atom stereocenters. The predicted molar refractivity (Wildman–Crippen MR) is 149 cm³/mol. The SMILES string of the molecule is CC(C)C[C@H](NC(=O)C1CC(CNC(=O)C2Cc3ccccc3C2)=NO1)B1O[C@@H]2C[C@@H]3C[C@@H](C3(C)C)[C@]2(C)O1. The fraction of sp³-hybridized carbons (Fsp3) is 0.700. The summed E-state index contributed by atoms with van der Waals surface area (Å²) < 4.78 is 13.2. The van der Waals surface area contributed by atoms with E-state index in [0.29, 0.717) is 29.9 Å². The molecule has 0 aromatic heterocycles. The van der Waals surface area contributed by atoms with Gasteiger partial charge in [-0.05, 0) is 73.3 Å². The van der Waals surface area contributed by atoms with Gasteiger partial charge in [-0.3, -0.25) is 9.59 Å². The van der Waals surface area contributed by atoms with Crippen molar-refractivity contribution in [1.82, 2.24) is 10.6 Å². The summed E-state index contributed by atoms with van der Waals surface area (Å²) in [5, 5.41) is 10.3. The molecule has 2 bridgehead atoms. The van der Waals surface area contributed by atoms with Crippen LogP contribution in [-0.2, 0) is 36.6 Å². The summed E-state index contributed by atoms with van der Waals surface area (Å²) in [6.07, 6.45) is 4.19. The first-order chi connectivity index (χ1) is 18.5. The largest absolute Gasteiger partial charge is 0.481 e. The zero-order valence-corrected chi connectivity index (χ0v) is 23.9. The molecule has 7 rings (SSSR count).